The molecule has 3 N–H and O–H groups in total. The second-order valence-corrected chi connectivity index (χ2v) is 6.95. The Morgan fingerprint density at radius 3 is 2.68 bits per heavy atom. The van der Waals surface area contributed by atoms with Gasteiger partial charge in [0.05, 0.1) is 5.69 Å². The summed E-state index contributed by atoms with van der Waals surface area (Å²) in [6.07, 6.45) is 3.36. The lowest BCUT2D eigenvalue weighted by Gasteiger charge is -2.23. The second kappa shape index (κ2) is 5.77. The van der Waals surface area contributed by atoms with Crippen LogP contribution in [-0.2, 0) is 10.8 Å². The average Bonchev–Trinajstić information content (AvgIpc) is 2.74. The first-order valence-electron chi connectivity index (χ1n) is 6.60. The fraction of sp³-hybridized carbons (Fsp3) is 0.615. The summed E-state index contributed by atoms with van der Waals surface area (Å²) in [6, 6.07) is 2.02. The van der Waals surface area contributed by atoms with Crippen LogP contribution in [0.2, 0.25) is 0 Å². The lowest BCUT2D eigenvalue weighted by Crippen LogP contribution is -2.40. The molecule has 5 nitrogen and oxygen atoms in total. The van der Waals surface area contributed by atoms with Gasteiger partial charge in [-0.2, -0.15) is 0 Å². The molecular formula is C13H21N3O2S. The molecule has 0 spiro atoms. The van der Waals surface area contributed by atoms with Gasteiger partial charge in [0, 0.05) is 40.6 Å². The molecule has 2 heterocycles. The second-order valence-electron chi connectivity index (χ2n) is 5.26. The summed E-state index contributed by atoms with van der Waals surface area (Å²) in [5.41, 5.74) is 6.96. The Morgan fingerprint density at radius 1 is 1.47 bits per heavy atom. The van der Waals surface area contributed by atoms with E-state index in [4.69, 9.17) is 5.73 Å². The Balaban J connectivity index is 2.05. The van der Waals surface area contributed by atoms with Crippen molar-refractivity contribution >= 4 is 22.4 Å². The van der Waals surface area contributed by atoms with Crippen molar-refractivity contribution in [1.29, 1.82) is 0 Å². The third kappa shape index (κ3) is 3.37. The third-order valence-electron chi connectivity index (χ3n) is 3.38. The molecule has 1 aromatic rings. The van der Waals surface area contributed by atoms with Crippen LogP contribution >= 0.6 is 0 Å². The SMILES string of the molecule is CC(C)n1cc(N)cc1C(=O)NC1CCS(=O)CC1. The molecule has 0 aliphatic carbocycles. The van der Waals surface area contributed by atoms with E-state index in [0.717, 1.165) is 12.8 Å². The van der Waals surface area contributed by atoms with Gasteiger partial charge in [0.1, 0.15) is 5.69 Å². The Labute approximate surface area is 116 Å². The van der Waals surface area contributed by atoms with Crippen LogP contribution in [0.4, 0.5) is 5.69 Å². The highest BCUT2D eigenvalue weighted by molar-refractivity contribution is 7.85. The van der Waals surface area contributed by atoms with E-state index in [1.165, 1.54) is 0 Å². The number of nitrogen functional groups attached to an aromatic ring is 1. The Kier molecular flexibility index (Phi) is 4.29. The molecule has 0 saturated carbocycles. The van der Waals surface area contributed by atoms with Gasteiger partial charge in [0.2, 0.25) is 0 Å². The number of rotatable bonds is 3. The van der Waals surface area contributed by atoms with Crippen LogP contribution in [0.15, 0.2) is 12.3 Å². The van der Waals surface area contributed by atoms with Crippen LogP contribution in [0.1, 0.15) is 43.2 Å². The highest BCUT2D eigenvalue weighted by Gasteiger charge is 2.22. The Morgan fingerprint density at radius 2 is 2.11 bits per heavy atom. The number of carbonyl (C=O) groups is 1. The van der Waals surface area contributed by atoms with E-state index >= 15 is 0 Å². The summed E-state index contributed by atoms with van der Waals surface area (Å²) in [4.78, 5) is 12.3. The van der Waals surface area contributed by atoms with Crippen molar-refractivity contribution in [1.82, 2.24) is 9.88 Å². The predicted octanol–water partition coefficient (Wildman–Crippen LogP) is 1.29. The van der Waals surface area contributed by atoms with Crippen LogP contribution in [0.3, 0.4) is 0 Å². The molecule has 1 saturated heterocycles. The minimum absolute atomic E-state index is 0.0944. The number of nitrogens with zero attached hydrogens (tertiary/aromatic N) is 1. The maximum absolute atomic E-state index is 12.3. The number of carbonyl (C=O) groups excluding carboxylic acids is 1. The minimum Gasteiger partial charge on any atom is -0.397 e. The molecule has 0 atom stereocenters. The summed E-state index contributed by atoms with van der Waals surface area (Å²) in [7, 11) is -0.704. The number of anilines is 1. The van der Waals surface area contributed by atoms with Gasteiger partial charge in [-0.1, -0.05) is 0 Å². The van der Waals surface area contributed by atoms with Crippen molar-refractivity contribution in [3.05, 3.63) is 18.0 Å². The van der Waals surface area contributed by atoms with Gasteiger partial charge in [-0.25, -0.2) is 0 Å². The molecule has 1 aliphatic heterocycles. The van der Waals surface area contributed by atoms with E-state index in [2.05, 4.69) is 5.32 Å². The number of nitrogens with two attached hydrogens (primary N) is 1. The molecule has 19 heavy (non-hydrogen) atoms. The normalized spacial score (nSPS) is 23.5. The van der Waals surface area contributed by atoms with Crippen LogP contribution < -0.4 is 11.1 Å². The van der Waals surface area contributed by atoms with Crippen molar-refractivity contribution < 1.29 is 9.00 Å². The zero-order valence-electron chi connectivity index (χ0n) is 11.4. The average molecular weight is 283 g/mol. The van der Waals surface area contributed by atoms with Crippen LogP contribution in [0, 0.1) is 0 Å². The number of nitrogens with one attached hydrogen (secondary N) is 1. The standard InChI is InChI=1S/C13H21N3O2S/c1-9(2)16-8-10(14)7-12(16)13(17)15-11-3-5-19(18)6-4-11/h7-9,11H,3-6,14H2,1-2H3,(H,15,17). The minimum atomic E-state index is -0.704. The summed E-state index contributed by atoms with van der Waals surface area (Å²) in [6.45, 7) is 4.03. The summed E-state index contributed by atoms with van der Waals surface area (Å²) in [5, 5.41) is 3.01. The van der Waals surface area contributed by atoms with Gasteiger partial charge in [0.25, 0.3) is 5.91 Å². The molecule has 106 valence electrons. The molecule has 1 aromatic heterocycles. The van der Waals surface area contributed by atoms with Gasteiger partial charge in [-0.05, 0) is 32.8 Å². The molecule has 2 rings (SSSR count). The zero-order chi connectivity index (χ0) is 14.0. The fourth-order valence-electron chi connectivity index (χ4n) is 2.31. The number of amides is 1. The Bertz CT molecular complexity index is 486. The fourth-order valence-corrected chi connectivity index (χ4v) is 3.61. The van der Waals surface area contributed by atoms with Gasteiger partial charge in [-0.3, -0.25) is 9.00 Å². The third-order valence-corrected chi connectivity index (χ3v) is 4.76. The van der Waals surface area contributed by atoms with Crippen LogP contribution in [0.25, 0.3) is 0 Å². The van der Waals surface area contributed by atoms with Crippen molar-refractivity contribution in [2.45, 2.75) is 38.8 Å². The maximum atomic E-state index is 12.3. The van der Waals surface area contributed by atoms with Crippen molar-refractivity contribution in [2.24, 2.45) is 0 Å². The Hall–Kier alpha value is -1.30. The number of hydrogen-bond acceptors (Lipinski definition) is 3. The topological polar surface area (TPSA) is 77.1 Å². The van der Waals surface area contributed by atoms with Gasteiger partial charge in [-0.15, -0.1) is 0 Å². The molecule has 0 unspecified atom stereocenters. The maximum Gasteiger partial charge on any atom is 0.268 e. The first kappa shape index (κ1) is 14.1. The van der Waals surface area contributed by atoms with Gasteiger partial charge < -0.3 is 15.6 Å². The molecule has 1 fully saturated rings. The quantitative estimate of drug-likeness (QED) is 0.877. The largest absolute Gasteiger partial charge is 0.397 e. The van der Waals surface area contributed by atoms with Gasteiger partial charge >= 0.3 is 0 Å². The number of hydrogen-bond donors (Lipinski definition) is 2. The molecule has 0 bridgehead atoms. The van der Waals surface area contributed by atoms with Crippen LogP contribution in [0.5, 0.6) is 0 Å². The van der Waals surface area contributed by atoms with E-state index in [9.17, 15) is 9.00 Å². The highest BCUT2D eigenvalue weighted by atomic mass is 32.2. The molecule has 1 aliphatic rings. The molecule has 6 heteroatoms. The summed E-state index contributed by atoms with van der Waals surface area (Å²) < 4.78 is 13.2. The smallest absolute Gasteiger partial charge is 0.268 e. The number of aromatic nitrogens is 1. The van der Waals surface area contributed by atoms with E-state index in [-0.39, 0.29) is 18.0 Å². The van der Waals surface area contributed by atoms with E-state index < -0.39 is 10.8 Å². The van der Waals surface area contributed by atoms with E-state index in [0.29, 0.717) is 22.9 Å². The van der Waals surface area contributed by atoms with Crippen LogP contribution in [-0.4, -0.2) is 32.2 Å². The summed E-state index contributed by atoms with van der Waals surface area (Å²) >= 11 is 0. The predicted molar refractivity (Wildman–Crippen MR) is 77.6 cm³/mol. The molecular weight excluding hydrogens is 262 g/mol. The first-order valence-corrected chi connectivity index (χ1v) is 8.09. The van der Waals surface area contributed by atoms with Crippen molar-refractivity contribution in [2.75, 3.05) is 17.2 Å². The van der Waals surface area contributed by atoms with Crippen molar-refractivity contribution in [3.8, 4) is 0 Å². The monoisotopic (exact) mass is 283 g/mol. The van der Waals surface area contributed by atoms with Gasteiger partial charge in [0.15, 0.2) is 0 Å². The molecule has 0 radical (unpaired) electrons. The van der Waals surface area contributed by atoms with Crippen molar-refractivity contribution in [3.63, 3.8) is 0 Å². The first-order chi connectivity index (χ1) is 8.97. The van der Waals surface area contributed by atoms with E-state index in [1.807, 2.05) is 18.4 Å². The summed E-state index contributed by atoms with van der Waals surface area (Å²) in [5.74, 6) is 1.26. The van der Waals surface area contributed by atoms with E-state index in [1.54, 1.807) is 12.3 Å². The highest BCUT2D eigenvalue weighted by Crippen LogP contribution is 2.17. The lowest BCUT2D eigenvalue weighted by molar-refractivity contribution is 0.0923. The lowest BCUT2D eigenvalue weighted by atomic mass is 10.1. The molecule has 1 amide bonds. The zero-order valence-corrected chi connectivity index (χ0v) is 12.2. The molecule has 0 aromatic carbocycles.